The van der Waals surface area contributed by atoms with Crippen LogP contribution in [0.25, 0.3) is 0 Å². The van der Waals surface area contributed by atoms with Crippen LogP contribution in [0.1, 0.15) is 28.0 Å². The van der Waals surface area contributed by atoms with Gasteiger partial charge in [-0.1, -0.05) is 39.8 Å². The van der Waals surface area contributed by atoms with Gasteiger partial charge in [0.25, 0.3) is 0 Å². The van der Waals surface area contributed by atoms with Crippen molar-refractivity contribution in [3.05, 3.63) is 50.3 Å². The molecular weight excluding hydrogens is 486 g/mol. The lowest BCUT2D eigenvalue weighted by molar-refractivity contribution is -0.113. The summed E-state index contributed by atoms with van der Waals surface area (Å²) in [5, 5.41) is 24.2. The van der Waals surface area contributed by atoms with Crippen molar-refractivity contribution in [2.45, 2.75) is 24.4 Å². The molecule has 1 aliphatic carbocycles. The molecule has 2 aromatic heterocycles. The monoisotopic (exact) mass is 501 g/mol. The average Bonchev–Trinajstić information content (AvgIpc) is 3.43. The molecule has 4 rings (SSSR count). The number of halogens is 1. The first-order valence-electron chi connectivity index (χ1n) is 9.06. The SMILES string of the molecule is N#Cc1c(NC(=O)CSc2n[nH]c(N/N=C/c3cccc(Br)c3)n2)sc2c1CCC2. The first-order valence-corrected chi connectivity index (χ1v) is 11.7. The molecule has 0 atom stereocenters. The number of hydrogen-bond acceptors (Lipinski definition) is 8. The summed E-state index contributed by atoms with van der Waals surface area (Å²) in [6.45, 7) is 0. The number of hydrazone groups is 1. The van der Waals surface area contributed by atoms with E-state index in [1.807, 2.05) is 24.3 Å². The lowest BCUT2D eigenvalue weighted by atomic mass is 10.1. The molecule has 2 heterocycles. The third-order valence-corrected chi connectivity index (χ3v) is 6.86. The van der Waals surface area contributed by atoms with Crippen LogP contribution in [0.2, 0.25) is 0 Å². The van der Waals surface area contributed by atoms with Gasteiger partial charge in [0, 0.05) is 9.35 Å². The van der Waals surface area contributed by atoms with Gasteiger partial charge in [-0.15, -0.1) is 16.4 Å². The van der Waals surface area contributed by atoms with Crippen LogP contribution in [0.3, 0.4) is 0 Å². The van der Waals surface area contributed by atoms with E-state index in [1.165, 1.54) is 28.0 Å². The van der Waals surface area contributed by atoms with E-state index < -0.39 is 0 Å². The highest BCUT2D eigenvalue weighted by Gasteiger charge is 2.23. The Morgan fingerprint density at radius 2 is 2.37 bits per heavy atom. The number of nitrogens with zero attached hydrogens (tertiary/aromatic N) is 4. The van der Waals surface area contributed by atoms with Gasteiger partial charge in [0.1, 0.15) is 11.1 Å². The van der Waals surface area contributed by atoms with Crippen LogP contribution in [-0.4, -0.2) is 33.1 Å². The predicted octanol–water partition coefficient (Wildman–Crippen LogP) is 4.17. The number of anilines is 2. The largest absolute Gasteiger partial charge is 0.316 e. The van der Waals surface area contributed by atoms with Crippen LogP contribution in [0.4, 0.5) is 10.9 Å². The highest BCUT2D eigenvalue weighted by Crippen LogP contribution is 2.38. The lowest BCUT2D eigenvalue weighted by Gasteiger charge is -2.02. The summed E-state index contributed by atoms with van der Waals surface area (Å²) in [4.78, 5) is 17.8. The molecule has 0 fully saturated rings. The van der Waals surface area contributed by atoms with Gasteiger partial charge in [0.2, 0.25) is 17.0 Å². The summed E-state index contributed by atoms with van der Waals surface area (Å²) in [7, 11) is 0. The van der Waals surface area contributed by atoms with Crippen molar-refractivity contribution in [2.75, 3.05) is 16.5 Å². The average molecular weight is 502 g/mol. The summed E-state index contributed by atoms with van der Waals surface area (Å²) >= 11 is 6.12. The predicted molar refractivity (Wildman–Crippen MR) is 122 cm³/mol. The molecule has 0 bridgehead atoms. The Balaban J connectivity index is 1.28. The second-order valence-electron chi connectivity index (χ2n) is 6.40. The second kappa shape index (κ2) is 9.42. The van der Waals surface area contributed by atoms with Gasteiger partial charge in [-0.2, -0.15) is 15.3 Å². The van der Waals surface area contributed by atoms with Crippen LogP contribution in [-0.2, 0) is 17.6 Å². The molecule has 3 aromatic rings. The zero-order valence-corrected chi connectivity index (χ0v) is 18.8. The number of H-pyrrole nitrogens is 1. The fraction of sp³-hybridized carbons (Fsp3) is 0.211. The third-order valence-electron chi connectivity index (χ3n) is 4.32. The van der Waals surface area contributed by atoms with Gasteiger partial charge in [-0.05, 0) is 42.5 Å². The summed E-state index contributed by atoms with van der Waals surface area (Å²) in [6.07, 6.45) is 4.64. The van der Waals surface area contributed by atoms with Gasteiger partial charge < -0.3 is 5.32 Å². The Hall–Kier alpha value is -2.68. The van der Waals surface area contributed by atoms with Gasteiger partial charge in [0.05, 0.1) is 17.5 Å². The van der Waals surface area contributed by atoms with Crippen LogP contribution in [0, 0.1) is 11.3 Å². The Bertz CT molecular complexity index is 1150. The molecule has 0 spiro atoms. The first-order chi connectivity index (χ1) is 14.6. The van der Waals surface area contributed by atoms with Crippen molar-refractivity contribution < 1.29 is 4.79 Å². The zero-order chi connectivity index (χ0) is 20.9. The number of carbonyl (C=O) groups excluding carboxylic acids is 1. The molecule has 0 saturated carbocycles. The van der Waals surface area contributed by atoms with E-state index in [9.17, 15) is 10.1 Å². The van der Waals surface area contributed by atoms with Crippen molar-refractivity contribution in [3.8, 4) is 6.07 Å². The summed E-state index contributed by atoms with van der Waals surface area (Å²) in [6, 6.07) is 9.95. The minimum atomic E-state index is -0.191. The van der Waals surface area contributed by atoms with E-state index in [0.29, 0.717) is 21.7 Å². The van der Waals surface area contributed by atoms with Crippen LogP contribution in [0.15, 0.2) is 39.0 Å². The van der Waals surface area contributed by atoms with Gasteiger partial charge in [-0.25, -0.2) is 10.5 Å². The summed E-state index contributed by atoms with van der Waals surface area (Å²) in [5.74, 6) is 0.334. The number of thiophene rings is 1. The van der Waals surface area contributed by atoms with Crippen molar-refractivity contribution in [1.82, 2.24) is 15.2 Å². The van der Waals surface area contributed by atoms with E-state index >= 15 is 0 Å². The van der Waals surface area contributed by atoms with Crippen LogP contribution < -0.4 is 10.7 Å². The number of aryl methyl sites for hydroxylation is 1. The topological polar surface area (TPSA) is 119 Å². The number of rotatable bonds is 7. The fourth-order valence-electron chi connectivity index (χ4n) is 3.02. The number of hydrogen-bond donors (Lipinski definition) is 3. The maximum absolute atomic E-state index is 12.3. The van der Waals surface area contributed by atoms with Gasteiger partial charge >= 0.3 is 0 Å². The maximum atomic E-state index is 12.3. The molecular formula is C19H16BrN7OS2. The van der Waals surface area contributed by atoms with E-state index in [4.69, 9.17) is 0 Å². The second-order valence-corrected chi connectivity index (χ2v) is 9.37. The molecule has 1 amide bonds. The van der Waals surface area contributed by atoms with Gasteiger partial charge in [-0.3, -0.25) is 4.79 Å². The number of carbonyl (C=O) groups is 1. The highest BCUT2D eigenvalue weighted by molar-refractivity contribution is 9.10. The lowest BCUT2D eigenvalue weighted by Crippen LogP contribution is -2.14. The highest BCUT2D eigenvalue weighted by atomic mass is 79.9. The molecule has 1 aromatic carbocycles. The van der Waals surface area contributed by atoms with Gasteiger partial charge in [0.15, 0.2) is 0 Å². The number of aromatic amines is 1. The van der Waals surface area contributed by atoms with E-state index in [-0.39, 0.29) is 11.7 Å². The minimum Gasteiger partial charge on any atom is -0.316 e. The standard InChI is InChI=1S/C19H16BrN7OS2/c20-12-4-1-3-11(7-12)9-22-25-18-24-19(27-26-18)29-10-16(28)23-17-14(8-21)13-5-2-6-15(13)30-17/h1,3-4,7,9H,2,5-6,10H2,(H,23,28)(H2,24,25,26,27)/b22-9+. The molecule has 152 valence electrons. The number of fused-ring (bicyclic) bond motifs is 1. The molecule has 0 saturated heterocycles. The van der Waals surface area contributed by atoms with E-state index in [2.05, 4.69) is 53.0 Å². The van der Waals surface area contributed by atoms with Crippen molar-refractivity contribution in [3.63, 3.8) is 0 Å². The molecule has 0 unspecified atom stereocenters. The van der Waals surface area contributed by atoms with Crippen LogP contribution in [0.5, 0.6) is 0 Å². The molecule has 30 heavy (non-hydrogen) atoms. The molecule has 0 radical (unpaired) electrons. The molecule has 1 aliphatic rings. The Kier molecular flexibility index (Phi) is 6.47. The first kappa shape index (κ1) is 20.6. The number of aromatic nitrogens is 3. The third kappa shape index (κ3) is 4.89. The summed E-state index contributed by atoms with van der Waals surface area (Å²) in [5.41, 5.74) is 5.41. The number of amides is 1. The number of nitrogens with one attached hydrogen (secondary N) is 3. The van der Waals surface area contributed by atoms with E-state index in [0.717, 1.165) is 34.9 Å². The number of nitriles is 1. The number of benzene rings is 1. The van der Waals surface area contributed by atoms with Crippen molar-refractivity contribution in [2.24, 2.45) is 5.10 Å². The summed E-state index contributed by atoms with van der Waals surface area (Å²) < 4.78 is 0.970. The maximum Gasteiger partial charge on any atom is 0.240 e. The quantitative estimate of drug-likeness (QED) is 0.254. The number of thioether (sulfide) groups is 1. The Morgan fingerprint density at radius 3 is 3.20 bits per heavy atom. The zero-order valence-electron chi connectivity index (χ0n) is 15.6. The Labute approximate surface area is 189 Å². The van der Waals surface area contributed by atoms with Crippen molar-refractivity contribution in [1.29, 1.82) is 5.26 Å². The Morgan fingerprint density at radius 1 is 1.47 bits per heavy atom. The van der Waals surface area contributed by atoms with Crippen molar-refractivity contribution >= 4 is 62.1 Å². The molecule has 11 heteroatoms. The molecule has 3 N–H and O–H groups in total. The fourth-order valence-corrected chi connectivity index (χ4v) is 5.29. The smallest absolute Gasteiger partial charge is 0.240 e. The van der Waals surface area contributed by atoms with E-state index in [1.54, 1.807) is 6.21 Å². The molecule has 0 aliphatic heterocycles. The normalized spacial score (nSPS) is 12.7. The van der Waals surface area contributed by atoms with Crippen LogP contribution >= 0.6 is 39.0 Å². The minimum absolute atomic E-state index is 0.145. The molecule has 8 nitrogen and oxygen atoms in total.